The van der Waals surface area contributed by atoms with E-state index in [1.807, 2.05) is 60.3 Å². The maximum Gasteiger partial charge on any atom is 0.225 e. The molecule has 0 unspecified atom stereocenters. The summed E-state index contributed by atoms with van der Waals surface area (Å²) in [7, 11) is 1.99. The van der Waals surface area contributed by atoms with E-state index in [9.17, 15) is 0 Å². The number of nitrogens with zero attached hydrogens (tertiary/aromatic N) is 6. The Morgan fingerprint density at radius 1 is 0.828 bits per heavy atom. The molecular weight excluding hydrogens is 364 g/mol. The van der Waals surface area contributed by atoms with Gasteiger partial charge in [-0.25, -0.2) is 4.68 Å². The van der Waals surface area contributed by atoms with Crippen molar-refractivity contribution in [3.63, 3.8) is 0 Å². The highest BCUT2D eigenvalue weighted by molar-refractivity contribution is 5.63. The summed E-state index contributed by atoms with van der Waals surface area (Å²) in [5.74, 6) is 0.791. The molecule has 0 spiro atoms. The molecule has 2 aromatic heterocycles. The summed E-state index contributed by atoms with van der Waals surface area (Å²) in [6, 6.07) is 20.2. The lowest BCUT2D eigenvalue weighted by Crippen LogP contribution is -2.20. The summed E-state index contributed by atoms with van der Waals surface area (Å²) < 4.78 is 1.91. The van der Waals surface area contributed by atoms with Crippen LogP contribution >= 0.6 is 0 Å². The SMILES string of the molecule is CN(Cc1nc(N)nc(N)n1)Cc1cn(-c2ccccc2)nc1-c1ccccc1. The summed E-state index contributed by atoms with van der Waals surface area (Å²) in [4.78, 5) is 14.2. The van der Waals surface area contributed by atoms with Crippen molar-refractivity contribution in [2.75, 3.05) is 18.5 Å². The Morgan fingerprint density at radius 2 is 1.45 bits per heavy atom. The monoisotopic (exact) mass is 386 g/mol. The van der Waals surface area contributed by atoms with Crippen LogP contribution in [0.4, 0.5) is 11.9 Å². The number of anilines is 2. The van der Waals surface area contributed by atoms with Gasteiger partial charge in [-0.05, 0) is 19.2 Å². The van der Waals surface area contributed by atoms with Crippen molar-refractivity contribution in [3.05, 3.63) is 78.2 Å². The molecule has 0 fully saturated rings. The molecule has 0 amide bonds. The maximum atomic E-state index is 5.68. The minimum absolute atomic E-state index is 0.128. The van der Waals surface area contributed by atoms with Crippen LogP contribution in [0.5, 0.6) is 0 Å². The van der Waals surface area contributed by atoms with Crippen molar-refractivity contribution in [1.82, 2.24) is 29.6 Å². The number of aromatic nitrogens is 5. The van der Waals surface area contributed by atoms with E-state index in [1.165, 1.54) is 0 Å². The van der Waals surface area contributed by atoms with E-state index in [4.69, 9.17) is 16.6 Å². The van der Waals surface area contributed by atoms with Gasteiger partial charge in [-0.15, -0.1) is 0 Å². The fourth-order valence-corrected chi connectivity index (χ4v) is 3.19. The number of nitrogens with two attached hydrogens (primary N) is 2. The fraction of sp³-hybridized carbons (Fsp3) is 0.143. The minimum atomic E-state index is 0.128. The Hall–Kier alpha value is -3.78. The third-order valence-corrected chi connectivity index (χ3v) is 4.43. The third kappa shape index (κ3) is 4.39. The Balaban J connectivity index is 1.64. The first kappa shape index (κ1) is 18.6. The lowest BCUT2D eigenvalue weighted by molar-refractivity contribution is 0.311. The van der Waals surface area contributed by atoms with Crippen LogP contribution in [0.2, 0.25) is 0 Å². The van der Waals surface area contributed by atoms with Gasteiger partial charge in [0.1, 0.15) is 5.82 Å². The van der Waals surface area contributed by atoms with Crippen molar-refractivity contribution >= 4 is 11.9 Å². The molecular formula is C21H22N8. The number of hydrogen-bond acceptors (Lipinski definition) is 7. The zero-order valence-corrected chi connectivity index (χ0v) is 16.1. The molecule has 2 aromatic carbocycles. The van der Waals surface area contributed by atoms with E-state index < -0.39 is 0 Å². The van der Waals surface area contributed by atoms with Gasteiger partial charge in [0.15, 0.2) is 0 Å². The Bertz CT molecular complexity index is 1070. The van der Waals surface area contributed by atoms with E-state index in [2.05, 4.69) is 38.2 Å². The summed E-state index contributed by atoms with van der Waals surface area (Å²) >= 11 is 0. The smallest absolute Gasteiger partial charge is 0.225 e. The maximum absolute atomic E-state index is 5.68. The van der Waals surface area contributed by atoms with Crippen LogP contribution in [0.15, 0.2) is 66.9 Å². The highest BCUT2D eigenvalue weighted by Gasteiger charge is 2.15. The molecule has 4 rings (SSSR count). The van der Waals surface area contributed by atoms with E-state index >= 15 is 0 Å². The summed E-state index contributed by atoms with van der Waals surface area (Å²) in [6.07, 6.45) is 2.06. The van der Waals surface area contributed by atoms with Crippen molar-refractivity contribution in [1.29, 1.82) is 0 Å². The van der Waals surface area contributed by atoms with Gasteiger partial charge in [-0.3, -0.25) is 4.90 Å². The topological polar surface area (TPSA) is 112 Å². The van der Waals surface area contributed by atoms with E-state index in [-0.39, 0.29) is 11.9 Å². The van der Waals surface area contributed by atoms with Crippen LogP contribution in [0.1, 0.15) is 11.4 Å². The largest absolute Gasteiger partial charge is 0.368 e. The lowest BCUT2D eigenvalue weighted by atomic mass is 10.1. The van der Waals surface area contributed by atoms with Gasteiger partial charge in [0.2, 0.25) is 11.9 Å². The number of nitrogen functional groups attached to an aromatic ring is 2. The summed E-state index contributed by atoms with van der Waals surface area (Å²) in [6.45, 7) is 1.14. The van der Waals surface area contributed by atoms with Crippen molar-refractivity contribution in [2.24, 2.45) is 0 Å². The van der Waals surface area contributed by atoms with Gasteiger partial charge >= 0.3 is 0 Å². The molecule has 4 aromatic rings. The minimum Gasteiger partial charge on any atom is -0.368 e. The molecule has 0 saturated heterocycles. The van der Waals surface area contributed by atoms with E-state index in [0.29, 0.717) is 18.9 Å². The molecule has 146 valence electrons. The van der Waals surface area contributed by atoms with Crippen LogP contribution in [0.3, 0.4) is 0 Å². The van der Waals surface area contributed by atoms with Crippen LogP contribution in [0, 0.1) is 0 Å². The highest BCUT2D eigenvalue weighted by atomic mass is 15.3. The molecule has 0 radical (unpaired) electrons. The summed E-state index contributed by atoms with van der Waals surface area (Å²) in [5.41, 5.74) is 15.5. The first-order valence-electron chi connectivity index (χ1n) is 9.22. The van der Waals surface area contributed by atoms with Crippen LogP contribution in [-0.4, -0.2) is 36.7 Å². The quantitative estimate of drug-likeness (QED) is 0.524. The number of para-hydroxylation sites is 1. The number of rotatable bonds is 6. The molecule has 0 bridgehead atoms. The second kappa shape index (κ2) is 8.07. The molecule has 0 atom stereocenters. The molecule has 2 heterocycles. The second-order valence-corrected chi connectivity index (χ2v) is 6.79. The second-order valence-electron chi connectivity index (χ2n) is 6.79. The van der Waals surface area contributed by atoms with Crippen LogP contribution < -0.4 is 11.5 Å². The van der Waals surface area contributed by atoms with Gasteiger partial charge in [0.25, 0.3) is 0 Å². The van der Waals surface area contributed by atoms with Gasteiger partial charge < -0.3 is 11.5 Å². The molecule has 0 saturated carbocycles. The molecule has 8 nitrogen and oxygen atoms in total. The first-order chi connectivity index (χ1) is 14.1. The van der Waals surface area contributed by atoms with Gasteiger partial charge in [-0.1, -0.05) is 48.5 Å². The highest BCUT2D eigenvalue weighted by Crippen LogP contribution is 2.25. The Labute approximate surface area is 168 Å². The van der Waals surface area contributed by atoms with E-state index in [1.54, 1.807) is 0 Å². The van der Waals surface area contributed by atoms with Crippen molar-refractivity contribution in [3.8, 4) is 16.9 Å². The third-order valence-electron chi connectivity index (χ3n) is 4.43. The zero-order chi connectivity index (χ0) is 20.2. The fourth-order valence-electron chi connectivity index (χ4n) is 3.19. The molecule has 4 N–H and O–H groups in total. The van der Waals surface area contributed by atoms with Gasteiger partial charge in [0.05, 0.1) is 17.9 Å². The number of hydrogen-bond donors (Lipinski definition) is 2. The molecule has 0 aliphatic rings. The average molecular weight is 386 g/mol. The normalized spacial score (nSPS) is 11.1. The van der Waals surface area contributed by atoms with Gasteiger partial charge in [0, 0.05) is 23.9 Å². The number of benzene rings is 2. The standard InChI is InChI=1S/C21H22N8/c1-28(14-18-24-20(22)26-21(23)25-18)12-16-13-29(17-10-6-3-7-11-17)27-19(16)15-8-4-2-5-9-15/h2-11,13H,12,14H2,1H3,(H4,22,23,24,25,26). The predicted molar refractivity (Wildman–Crippen MR) is 113 cm³/mol. The van der Waals surface area contributed by atoms with Crippen molar-refractivity contribution in [2.45, 2.75) is 13.1 Å². The molecule has 0 aliphatic heterocycles. The predicted octanol–water partition coefficient (Wildman–Crippen LogP) is 2.52. The van der Waals surface area contributed by atoms with Crippen LogP contribution in [-0.2, 0) is 13.1 Å². The van der Waals surface area contributed by atoms with Crippen molar-refractivity contribution < 1.29 is 0 Å². The lowest BCUT2D eigenvalue weighted by Gasteiger charge is -2.15. The molecule has 29 heavy (non-hydrogen) atoms. The summed E-state index contributed by atoms with van der Waals surface area (Å²) in [5, 5.41) is 4.85. The zero-order valence-electron chi connectivity index (χ0n) is 16.1. The average Bonchev–Trinajstić information content (AvgIpc) is 3.12. The first-order valence-corrected chi connectivity index (χ1v) is 9.22. The Kier molecular flexibility index (Phi) is 5.17. The molecule has 8 heteroatoms. The van der Waals surface area contributed by atoms with Crippen LogP contribution in [0.25, 0.3) is 16.9 Å². The van der Waals surface area contributed by atoms with Gasteiger partial charge in [-0.2, -0.15) is 20.1 Å². The molecule has 0 aliphatic carbocycles. The Morgan fingerprint density at radius 3 is 2.10 bits per heavy atom. The van der Waals surface area contributed by atoms with E-state index in [0.717, 1.165) is 22.5 Å².